The monoisotopic (exact) mass is 692 g/mol. The minimum Gasteiger partial charge on any atom is -0.454 e. The first-order valence-corrected chi connectivity index (χ1v) is 18.0. The van der Waals surface area contributed by atoms with Crippen LogP contribution in [0.25, 0.3) is 78.0 Å². The highest BCUT2D eigenvalue weighted by Crippen LogP contribution is 2.45. The highest BCUT2D eigenvalue weighted by molar-refractivity contribution is 6.15. The van der Waals surface area contributed by atoms with Gasteiger partial charge in [0.1, 0.15) is 5.58 Å². The number of aromatic nitrogens is 3. The normalized spacial score (nSPS) is 11.3. The summed E-state index contributed by atoms with van der Waals surface area (Å²) in [7, 11) is 0. The number of fused-ring (bicyclic) bond motifs is 4. The Hall–Kier alpha value is -7.37. The van der Waals surface area contributed by atoms with E-state index in [4.69, 9.17) is 19.4 Å². The Morgan fingerprint density at radius 2 is 0.815 bits per heavy atom. The van der Waals surface area contributed by atoms with Crippen molar-refractivity contribution in [3.05, 3.63) is 194 Å². The highest BCUT2D eigenvalue weighted by atomic mass is 16.3. The predicted molar refractivity (Wildman–Crippen MR) is 221 cm³/mol. The number of hydrogen-bond donors (Lipinski definition) is 0. The van der Waals surface area contributed by atoms with Crippen molar-refractivity contribution in [3.63, 3.8) is 0 Å². The van der Waals surface area contributed by atoms with Gasteiger partial charge >= 0.3 is 0 Å². The molecule has 0 atom stereocenters. The highest BCUT2D eigenvalue weighted by Gasteiger charge is 2.23. The van der Waals surface area contributed by atoms with Crippen molar-refractivity contribution in [2.24, 2.45) is 0 Å². The van der Waals surface area contributed by atoms with Crippen LogP contribution in [0.5, 0.6) is 0 Å². The van der Waals surface area contributed by atoms with Crippen LogP contribution in [0.3, 0.4) is 0 Å². The van der Waals surface area contributed by atoms with Crippen LogP contribution >= 0.6 is 0 Å². The molecule has 0 saturated heterocycles. The minimum atomic E-state index is 0.577. The summed E-state index contributed by atoms with van der Waals surface area (Å²) in [6.45, 7) is 0. The SMILES string of the molecule is c1ccc(-c2ccc(N(c3ccccc3)c3cc(-c4nc(-c5ccccc5)nc(-c5ccccc5)n4)cc4c3oc3cc5ccccc5cc34)cc2)cc1. The quantitative estimate of drug-likeness (QED) is 0.166. The van der Waals surface area contributed by atoms with Crippen molar-refractivity contribution in [2.75, 3.05) is 4.90 Å². The second kappa shape index (κ2) is 13.3. The zero-order chi connectivity index (χ0) is 35.8. The molecule has 8 aromatic carbocycles. The minimum absolute atomic E-state index is 0.577. The lowest BCUT2D eigenvalue weighted by Crippen LogP contribution is -2.10. The third-order valence-electron chi connectivity index (χ3n) is 9.86. The molecule has 0 aliphatic heterocycles. The van der Waals surface area contributed by atoms with Crippen molar-refractivity contribution >= 4 is 49.8 Å². The van der Waals surface area contributed by atoms with Crippen LogP contribution < -0.4 is 4.90 Å². The average molecular weight is 693 g/mol. The molecule has 0 radical (unpaired) electrons. The van der Waals surface area contributed by atoms with Gasteiger partial charge in [0, 0.05) is 38.8 Å². The first-order valence-electron chi connectivity index (χ1n) is 18.0. The number of para-hydroxylation sites is 1. The van der Waals surface area contributed by atoms with E-state index in [0.29, 0.717) is 17.5 Å². The van der Waals surface area contributed by atoms with Crippen LogP contribution in [-0.2, 0) is 0 Å². The zero-order valence-electron chi connectivity index (χ0n) is 29.2. The summed E-state index contributed by atoms with van der Waals surface area (Å²) < 4.78 is 6.89. The number of benzene rings is 8. The molecule has 0 amide bonds. The first-order chi connectivity index (χ1) is 26.7. The summed E-state index contributed by atoms with van der Waals surface area (Å²) in [4.78, 5) is 17.5. The van der Waals surface area contributed by atoms with Gasteiger partial charge in [-0.05, 0) is 70.4 Å². The zero-order valence-corrected chi connectivity index (χ0v) is 29.2. The molecule has 0 aliphatic carbocycles. The van der Waals surface area contributed by atoms with Gasteiger partial charge in [-0.1, -0.05) is 146 Å². The lowest BCUT2D eigenvalue weighted by molar-refractivity contribution is 0.669. The Morgan fingerprint density at radius 3 is 1.41 bits per heavy atom. The third kappa shape index (κ3) is 5.74. The Morgan fingerprint density at radius 1 is 0.352 bits per heavy atom. The molecule has 0 fully saturated rings. The summed E-state index contributed by atoms with van der Waals surface area (Å²) in [5.41, 5.74) is 9.48. The van der Waals surface area contributed by atoms with Crippen LogP contribution in [0.2, 0.25) is 0 Å². The number of nitrogens with zero attached hydrogens (tertiary/aromatic N) is 4. The number of rotatable bonds is 7. The van der Waals surface area contributed by atoms with Crippen molar-refractivity contribution in [2.45, 2.75) is 0 Å². The number of anilines is 3. The molecule has 2 aromatic heterocycles. The Labute approximate surface area is 312 Å². The van der Waals surface area contributed by atoms with Crippen LogP contribution in [0.1, 0.15) is 0 Å². The fourth-order valence-corrected chi connectivity index (χ4v) is 7.22. The van der Waals surface area contributed by atoms with Gasteiger partial charge < -0.3 is 9.32 Å². The fraction of sp³-hybridized carbons (Fsp3) is 0. The summed E-state index contributed by atoms with van der Waals surface area (Å²) >= 11 is 0. The lowest BCUT2D eigenvalue weighted by atomic mass is 10.0. The first kappa shape index (κ1) is 31.4. The van der Waals surface area contributed by atoms with Gasteiger partial charge in [-0.3, -0.25) is 0 Å². The third-order valence-corrected chi connectivity index (χ3v) is 9.86. The van der Waals surface area contributed by atoms with Gasteiger partial charge in [-0.2, -0.15) is 0 Å². The van der Waals surface area contributed by atoms with E-state index in [1.165, 1.54) is 5.56 Å². The molecule has 2 heterocycles. The fourth-order valence-electron chi connectivity index (χ4n) is 7.22. The van der Waals surface area contributed by atoms with E-state index in [1.54, 1.807) is 0 Å². The van der Waals surface area contributed by atoms with Gasteiger partial charge in [0.05, 0.1) is 5.69 Å². The smallest absolute Gasteiger partial charge is 0.164 e. The molecule has 0 bridgehead atoms. The maximum absolute atomic E-state index is 6.89. The lowest BCUT2D eigenvalue weighted by Gasteiger charge is -2.26. The van der Waals surface area contributed by atoms with Gasteiger partial charge in [-0.15, -0.1) is 0 Å². The molecular weight excluding hydrogens is 661 g/mol. The molecule has 5 nitrogen and oxygen atoms in total. The van der Waals surface area contributed by atoms with Crippen molar-refractivity contribution in [1.82, 2.24) is 15.0 Å². The number of hydrogen-bond acceptors (Lipinski definition) is 5. The van der Waals surface area contributed by atoms with Gasteiger partial charge in [0.15, 0.2) is 23.1 Å². The summed E-state index contributed by atoms with van der Waals surface area (Å²) in [6, 6.07) is 66.9. The molecular formula is C49H32N4O. The summed E-state index contributed by atoms with van der Waals surface area (Å²) in [6.07, 6.45) is 0. The molecule has 254 valence electrons. The van der Waals surface area contributed by atoms with Crippen molar-refractivity contribution in [3.8, 4) is 45.3 Å². The Balaban J connectivity index is 1.25. The molecule has 0 N–H and O–H groups in total. The van der Waals surface area contributed by atoms with Crippen molar-refractivity contribution < 1.29 is 4.42 Å². The Kier molecular flexibility index (Phi) is 7.73. The second-order valence-corrected chi connectivity index (χ2v) is 13.3. The summed E-state index contributed by atoms with van der Waals surface area (Å²) in [5.74, 6) is 1.80. The molecule has 5 heteroatoms. The van der Waals surface area contributed by atoms with Gasteiger partial charge in [0.25, 0.3) is 0 Å². The van der Waals surface area contributed by atoms with E-state index in [0.717, 1.165) is 72.0 Å². The topological polar surface area (TPSA) is 55.1 Å². The molecule has 0 aliphatic rings. The largest absolute Gasteiger partial charge is 0.454 e. The van der Waals surface area contributed by atoms with Gasteiger partial charge in [0.2, 0.25) is 0 Å². The van der Waals surface area contributed by atoms with Gasteiger partial charge in [-0.25, -0.2) is 15.0 Å². The number of furan rings is 1. The van der Waals surface area contributed by atoms with Crippen LogP contribution in [0.4, 0.5) is 17.1 Å². The second-order valence-electron chi connectivity index (χ2n) is 13.3. The van der Waals surface area contributed by atoms with E-state index in [2.05, 4.69) is 126 Å². The molecule has 10 rings (SSSR count). The standard InChI is InChI=1S/C49H32N4O/c1-5-15-33(16-6-1)34-25-27-41(28-26-34)53(40-23-11-4-12-24-40)44-31-39(30-43-42-29-37-21-13-14-22-38(37)32-45(42)54-46(43)44)49-51-47(35-17-7-2-8-18-35)50-48(52-49)36-19-9-3-10-20-36/h1-32H. The van der Waals surface area contributed by atoms with E-state index < -0.39 is 0 Å². The predicted octanol–water partition coefficient (Wildman–Crippen LogP) is 13.1. The average Bonchev–Trinajstić information content (AvgIpc) is 3.61. The maximum Gasteiger partial charge on any atom is 0.164 e. The molecule has 0 spiro atoms. The van der Waals surface area contributed by atoms with Crippen molar-refractivity contribution in [1.29, 1.82) is 0 Å². The summed E-state index contributed by atoms with van der Waals surface area (Å²) in [5, 5.41) is 4.28. The van der Waals surface area contributed by atoms with Crippen LogP contribution in [-0.4, -0.2) is 15.0 Å². The molecule has 10 aromatic rings. The maximum atomic E-state index is 6.89. The van der Waals surface area contributed by atoms with E-state index in [1.807, 2.05) is 72.8 Å². The van der Waals surface area contributed by atoms with Crippen LogP contribution in [0.15, 0.2) is 199 Å². The Bertz CT molecular complexity index is 2850. The van der Waals surface area contributed by atoms with Crippen LogP contribution in [0, 0.1) is 0 Å². The van der Waals surface area contributed by atoms with E-state index in [-0.39, 0.29) is 0 Å². The molecule has 0 saturated carbocycles. The molecule has 0 unspecified atom stereocenters. The van der Waals surface area contributed by atoms with E-state index >= 15 is 0 Å². The molecule has 54 heavy (non-hydrogen) atoms. The van der Waals surface area contributed by atoms with E-state index in [9.17, 15) is 0 Å².